The molecule has 0 saturated heterocycles. The van der Waals surface area contributed by atoms with E-state index >= 15 is 0 Å². The monoisotopic (exact) mass is 378 g/mol. The second-order valence-corrected chi connectivity index (χ2v) is 9.37. The highest BCUT2D eigenvalue weighted by molar-refractivity contribution is 5.48. The van der Waals surface area contributed by atoms with E-state index in [1.807, 2.05) is 19.9 Å². The lowest BCUT2D eigenvalue weighted by atomic mass is 9.89. The van der Waals surface area contributed by atoms with Crippen LogP contribution in [0.1, 0.15) is 90.7 Å². The van der Waals surface area contributed by atoms with Crippen LogP contribution in [0.4, 0.5) is 0 Å². The molecule has 0 unspecified atom stereocenters. The van der Waals surface area contributed by atoms with Gasteiger partial charge in [0.25, 0.3) is 6.47 Å². The Labute approximate surface area is 164 Å². The van der Waals surface area contributed by atoms with E-state index in [1.54, 1.807) is 6.07 Å². The number of rotatable bonds is 12. The minimum absolute atomic E-state index is 0.160. The fraction of sp³-hybridized carbons (Fsp3) is 0.696. The summed E-state index contributed by atoms with van der Waals surface area (Å²) in [4.78, 5) is 10.5. The molecule has 0 heterocycles. The van der Waals surface area contributed by atoms with Gasteiger partial charge in [-0.15, -0.1) is 0 Å². The van der Waals surface area contributed by atoms with Crippen molar-refractivity contribution in [3.05, 3.63) is 23.3 Å². The van der Waals surface area contributed by atoms with Crippen molar-refractivity contribution in [3.63, 3.8) is 0 Å². The van der Waals surface area contributed by atoms with Gasteiger partial charge >= 0.3 is 0 Å². The summed E-state index contributed by atoms with van der Waals surface area (Å²) in [5, 5.41) is 20.7. The molecule has 0 spiro atoms. The lowest BCUT2D eigenvalue weighted by molar-refractivity contribution is -0.140. The van der Waals surface area contributed by atoms with Crippen LogP contribution in [0.25, 0.3) is 0 Å². The summed E-state index contributed by atoms with van der Waals surface area (Å²) in [5.74, 6) is 0.404. The number of hydrogen-bond donors (Lipinski definition) is 2. The molecule has 1 aromatic carbocycles. The highest BCUT2D eigenvalue weighted by Gasteiger charge is 2.18. The van der Waals surface area contributed by atoms with Gasteiger partial charge in [0.1, 0.15) is 17.1 Å². The normalized spacial score (nSPS) is 12.2. The number of unbranched alkanes of at least 4 members (excludes halogenated alkanes) is 3. The zero-order valence-electron chi connectivity index (χ0n) is 17.8. The summed E-state index contributed by atoms with van der Waals surface area (Å²) >= 11 is 0. The molecule has 1 aromatic rings. The van der Waals surface area contributed by atoms with Gasteiger partial charge in [0.05, 0.1) is 0 Å². The predicted octanol–water partition coefficient (Wildman–Crippen LogP) is 5.91. The quantitative estimate of drug-likeness (QED) is 0.350. The first kappa shape index (κ1) is 23.3. The van der Waals surface area contributed by atoms with Gasteiger partial charge in [-0.05, 0) is 75.8 Å². The summed E-state index contributed by atoms with van der Waals surface area (Å²) < 4.78 is 5.05. The summed E-state index contributed by atoms with van der Waals surface area (Å²) in [5.41, 5.74) is 1.46. The fourth-order valence-electron chi connectivity index (χ4n) is 3.31. The first-order valence-electron chi connectivity index (χ1n) is 10.2. The average Bonchev–Trinajstić information content (AvgIpc) is 2.54. The summed E-state index contributed by atoms with van der Waals surface area (Å²) in [7, 11) is 0. The molecule has 0 amide bonds. The molecule has 0 saturated carbocycles. The highest BCUT2D eigenvalue weighted by atomic mass is 16.5. The SMILES string of the molecule is CC(C)(C)CCCCCc1ccc(O)c(CCCCC(C)(C)OC=O)c1O. The number of benzene rings is 1. The summed E-state index contributed by atoms with van der Waals surface area (Å²) in [6.45, 7) is 11.0. The Kier molecular flexibility index (Phi) is 9.14. The van der Waals surface area contributed by atoms with Crippen molar-refractivity contribution in [1.82, 2.24) is 0 Å². The Morgan fingerprint density at radius 3 is 2.15 bits per heavy atom. The molecule has 0 atom stereocenters. The van der Waals surface area contributed by atoms with E-state index < -0.39 is 5.60 Å². The number of aryl methyl sites for hydroxylation is 1. The van der Waals surface area contributed by atoms with Gasteiger partial charge in [-0.3, -0.25) is 4.79 Å². The molecule has 27 heavy (non-hydrogen) atoms. The van der Waals surface area contributed by atoms with Crippen LogP contribution < -0.4 is 0 Å². The fourth-order valence-corrected chi connectivity index (χ4v) is 3.31. The Bertz CT molecular complexity index is 585. The number of hydrogen-bond acceptors (Lipinski definition) is 4. The van der Waals surface area contributed by atoms with Gasteiger partial charge in [0.15, 0.2) is 0 Å². The van der Waals surface area contributed by atoms with Gasteiger partial charge in [-0.2, -0.15) is 0 Å². The maximum atomic E-state index is 10.6. The van der Waals surface area contributed by atoms with E-state index in [0.29, 0.717) is 23.9 Å². The molecule has 154 valence electrons. The van der Waals surface area contributed by atoms with E-state index in [-0.39, 0.29) is 11.5 Å². The number of phenolic OH excluding ortho intramolecular Hbond substituents is 2. The third kappa shape index (κ3) is 9.16. The number of carbonyl (C=O) groups excluding carboxylic acids is 1. The third-order valence-electron chi connectivity index (χ3n) is 5.04. The standard InChI is InChI=1S/C23H38O4/c1-22(2,3)15-9-6-7-11-18-13-14-20(25)19(21(18)26)12-8-10-16-23(4,5)27-17-24/h13-14,17,25-26H,6-12,15-16H2,1-5H3. The molecule has 4 nitrogen and oxygen atoms in total. The van der Waals surface area contributed by atoms with Crippen LogP contribution in [0.3, 0.4) is 0 Å². The van der Waals surface area contributed by atoms with Crippen molar-refractivity contribution < 1.29 is 19.7 Å². The van der Waals surface area contributed by atoms with E-state index in [1.165, 1.54) is 12.8 Å². The summed E-state index contributed by atoms with van der Waals surface area (Å²) in [6, 6.07) is 3.53. The molecule has 4 heteroatoms. The number of carbonyl (C=O) groups is 1. The van der Waals surface area contributed by atoms with Crippen molar-refractivity contribution in [2.24, 2.45) is 5.41 Å². The molecule has 0 aromatic heterocycles. The molecule has 1 rings (SSSR count). The van der Waals surface area contributed by atoms with Crippen LogP contribution in [0.5, 0.6) is 11.5 Å². The first-order chi connectivity index (χ1) is 12.6. The van der Waals surface area contributed by atoms with E-state index in [9.17, 15) is 15.0 Å². The second kappa shape index (κ2) is 10.6. The minimum Gasteiger partial charge on any atom is -0.508 e. The molecule has 0 aliphatic heterocycles. The van der Waals surface area contributed by atoms with Crippen molar-refractivity contribution in [1.29, 1.82) is 0 Å². The molecule has 0 bridgehead atoms. The van der Waals surface area contributed by atoms with Crippen LogP contribution in [0.2, 0.25) is 0 Å². The Morgan fingerprint density at radius 2 is 1.52 bits per heavy atom. The first-order valence-corrected chi connectivity index (χ1v) is 10.2. The molecule has 2 N–H and O–H groups in total. The van der Waals surface area contributed by atoms with E-state index in [4.69, 9.17) is 4.74 Å². The van der Waals surface area contributed by atoms with Crippen molar-refractivity contribution in [2.75, 3.05) is 0 Å². The van der Waals surface area contributed by atoms with Gasteiger partial charge in [-0.1, -0.05) is 39.7 Å². The zero-order valence-corrected chi connectivity index (χ0v) is 17.8. The molecular weight excluding hydrogens is 340 g/mol. The Morgan fingerprint density at radius 1 is 0.889 bits per heavy atom. The van der Waals surface area contributed by atoms with Gasteiger partial charge < -0.3 is 14.9 Å². The number of aromatic hydroxyl groups is 2. The smallest absolute Gasteiger partial charge is 0.293 e. The molecule has 0 radical (unpaired) electrons. The van der Waals surface area contributed by atoms with Crippen LogP contribution in [-0.4, -0.2) is 22.3 Å². The van der Waals surface area contributed by atoms with E-state index in [2.05, 4.69) is 20.8 Å². The second-order valence-electron chi connectivity index (χ2n) is 9.37. The average molecular weight is 379 g/mol. The molecule has 0 aliphatic rings. The number of ether oxygens (including phenoxy) is 1. The lowest BCUT2D eigenvalue weighted by Crippen LogP contribution is -2.23. The van der Waals surface area contributed by atoms with Gasteiger partial charge in [0, 0.05) is 5.56 Å². The topological polar surface area (TPSA) is 66.8 Å². The highest BCUT2D eigenvalue weighted by Crippen LogP contribution is 2.33. The van der Waals surface area contributed by atoms with Crippen molar-refractivity contribution >= 4 is 6.47 Å². The van der Waals surface area contributed by atoms with Gasteiger partial charge in [-0.25, -0.2) is 0 Å². The lowest BCUT2D eigenvalue weighted by Gasteiger charge is -2.22. The zero-order chi connectivity index (χ0) is 20.5. The molecule has 0 aliphatic carbocycles. The molecule has 0 fully saturated rings. The third-order valence-corrected chi connectivity index (χ3v) is 5.04. The molecular formula is C23H38O4. The van der Waals surface area contributed by atoms with Crippen LogP contribution in [0, 0.1) is 5.41 Å². The van der Waals surface area contributed by atoms with Crippen LogP contribution >= 0.6 is 0 Å². The van der Waals surface area contributed by atoms with Crippen molar-refractivity contribution in [3.8, 4) is 11.5 Å². The number of phenols is 2. The van der Waals surface area contributed by atoms with Crippen LogP contribution in [-0.2, 0) is 22.4 Å². The predicted molar refractivity (Wildman–Crippen MR) is 110 cm³/mol. The maximum absolute atomic E-state index is 10.6. The van der Waals surface area contributed by atoms with E-state index in [0.717, 1.165) is 44.1 Å². The Balaban J connectivity index is 2.51. The Hall–Kier alpha value is -1.71. The largest absolute Gasteiger partial charge is 0.508 e. The maximum Gasteiger partial charge on any atom is 0.293 e. The van der Waals surface area contributed by atoms with Crippen LogP contribution in [0.15, 0.2) is 12.1 Å². The summed E-state index contributed by atoms with van der Waals surface area (Å²) in [6.07, 6.45) is 8.50. The van der Waals surface area contributed by atoms with Gasteiger partial charge in [0.2, 0.25) is 0 Å². The van der Waals surface area contributed by atoms with Crippen molar-refractivity contribution in [2.45, 2.75) is 98.0 Å². The minimum atomic E-state index is -0.471.